The van der Waals surface area contributed by atoms with Gasteiger partial charge >= 0.3 is 0 Å². The molecule has 11 heavy (non-hydrogen) atoms. The van der Waals surface area contributed by atoms with Crippen molar-refractivity contribution in [3.63, 3.8) is 0 Å². The monoisotopic (exact) mass is 153 g/mol. The van der Waals surface area contributed by atoms with E-state index in [9.17, 15) is 4.39 Å². The molecule has 0 atom stereocenters. The lowest BCUT2D eigenvalue weighted by Crippen LogP contribution is -2.10. The van der Waals surface area contributed by atoms with Crippen molar-refractivity contribution < 1.29 is 4.39 Å². The van der Waals surface area contributed by atoms with Gasteiger partial charge in [0.25, 0.3) is 0 Å². The highest BCUT2D eigenvalue weighted by molar-refractivity contribution is 5.15. The molecule has 0 unspecified atom stereocenters. The van der Waals surface area contributed by atoms with Gasteiger partial charge in [-0.05, 0) is 18.6 Å². The number of nitrogens with zero attached hydrogens (tertiary/aromatic N) is 1. The molecule has 2 heteroatoms. The van der Waals surface area contributed by atoms with Gasteiger partial charge in [0.2, 0.25) is 0 Å². The maximum Gasteiger partial charge on any atom is 0.0911 e. The van der Waals surface area contributed by atoms with Gasteiger partial charge in [-0.1, -0.05) is 12.2 Å². The molecule has 0 N–H and O–H groups in total. The molecule has 0 aromatic rings. The SMILES string of the molecule is FCCCN1C=CC=CC=C1. The van der Waals surface area contributed by atoms with E-state index in [-0.39, 0.29) is 6.67 Å². The van der Waals surface area contributed by atoms with Crippen LogP contribution in [0.5, 0.6) is 0 Å². The van der Waals surface area contributed by atoms with Crippen molar-refractivity contribution in [1.29, 1.82) is 0 Å². The highest BCUT2D eigenvalue weighted by Crippen LogP contribution is 1.99. The predicted octanol–water partition coefficient (Wildman–Crippen LogP) is 2.25. The van der Waals surface area contributed by atoms with Gasteiger partial charge in [0, 0.05) is 18.9 Å². The second-order valence-corrected chi connectivity index (χ2v) is 2.35. The van der Waals surface area contributed by atoms with Gasteiger partial charge < -0.3 is 4.90 Å². The van der Waals surface area contributed by atoms with Crippen molar-refractivity contribution >= 4 is 0 Å². The van der Waals surface area contributed by atoms with Crippen LogP contribution in [0, 0.1) is 0 Å². The van der Waals surface area contributed by atoms with Crippen LogP contribution < -0.4 is 0 Å². The van der Waals surface area contributed by atoms with Crippen molar-refractivity contribution in [3.05, 3.63) is 36.7 Å². The van der Waals surface area contributed by atoms with E-state index in [2.05, 4.69) is 0 Å². The van der Waals surface area contributed by atoms with Gasteiger partial charge in [-0.3, -0.25) is 4.39 Å². The number of rotatable bonds is 3. The van der Waals surface area contributed by atoms with E-state index in [0.29, 0.717) is 6.42 Å². The summed E-state index contributed by atoms with van der Waals surface area (Å²) in [4.78, 5) is 1.97. The van der Waals surface area contributed by atoms with Crippen LogP contribution in [0.4, 0.5) is 4.39 Å². The summed E-state index contributed by atoms with van der Waals surface area (Å²) in [6, 6.07) is 0. The fourth-order valence-electron chi connectivity index (χ4n) is 0.890. The number of allylic oxidation sites excluding steroid dienone is 4. The van der Waals surface area contributed by atoms with Crippen LogP contribution in [0.25, 0.3) is 0 Å². The summed E-state index contributed by atoms with van der Waals surface area (Å²) >= 11 is 0. The summed E-state index contributed by atoms with van der Waals surface area (Å²) in [5.74, 6) is 0. The fraction of sp³-hybridized carbons (Fsp3) is 0.333. The Morgan fingerprint density at radius 3 is 2.18 bits per heavy atom. The minimum atomic E-state index is -0.244. The van der Waals surface area contributed by atoms with Gasteiger partial charge in [-0.15, -0.1) is 0 Å². The van der Waals surface area contributed by atoms with Crippen LogP contribution in [0.15, 0.2) is 36.7 Å². The molecule has 0 spiro atoms. The molecule has 0 bridgehead atoms. The zero-order valence-corrected chi connectivity index (χ0v) is 6.41. The summed E-state index contributed by atoms with van der Waals surface area (Å²) in [7, 11) is 0. The first kappa shape index (κ1) is 8.05. The first-order valence-corrected chi connectivity index (χ1v) is 3.77. The summed E-state index contributed by atoms with van der Waals surface area (Å²) < 4.78 is 11.8. The Kier molecular flexibility index (Phi) is 3.45. The second kappa shape index (κ2) is 4.72. The first-order chi connectivity index (χ1) is 5.43. The van der Waals surface area contributed by atoms with Crippen LogP contribution in [0.2, 0.25) is 0 Å². The highest BCUT2D eigenvalue weighted by atomic mass is 19.1. The third kappa shape index (κ3) is 3.03. The van der Waals surface area contributed by atoms with E-state index < -0.39 is 0 Å². The molecule has 0 amide bonds. The molecule has 0 saturated carbocycles. The lowest BCUT2D eigenvalue weighted by molar-refractivity contribution is 0.410. The Hall–Kier alpha value is -1.05. The van der Waals surface area contributed by atoms with Crippen LogP contribution in [-0.4, -0.2) is 18.1 Å². The summed E-state index contributed by atoms with van der Waals surface area (Å²) in [6.45, 7) is 0.511. The molecule has 1 rings (SSSR count). The largest absolute Gasteiger partial charge is 0.354 e. The van der Waals surface area contributed by atoms with Crippen molar-refractivity contribution in [2.45, 2.75) is 6.42 Å². The fourth-order valence-corrected chi connectivity index (χ4v) is 0.890. The van der Waals surface area contributed by atoms with Crippen LogP contribution >= 0.6 is 0 Å². The molecular formula is C9H12FN. The molecule has 0 aliphatic carbocycles. The third-order valence-corrected chi connectivity index (χ3v) is 1.44. The second-order valence-electron chi connectivity index (χ2n) is 2.35. The van der Waals surface area contributed by atoms with E-state index in [1.165, 1.54) is 0 Å². The highest BCUT2D eigenvalue weighted by Gasteiger charge is 1.93. The Balaban J connectivity index is 2.34. The van der Waals surface area contributed by atoms with Crippen LogP contribution in [0.1, 0.15) is 6.42 Å². The minimum absolute atomic E-state index is 0.244. The molecule has 0 aromatic heterocycles. The molecule has 0 radical (unpaired) electrons. The summed E-state index contributed by atoms with van der Waals surface area (Å²) in [5, 5.41) is 0. The van der Waals surface area contributed by atoms with Gasteiger partial charge in [-0.25, -0.2) is 0 Å². The van der Waals surface area contributed by atoms with E-state index >= 15 is 0 Å². The standard InChI is InChI=1S/C9H12FN/c10-6-5-9-11-7-3-1-2-4-8-11/h1-4,7-8H,5-6,9H2. The van der Waals surface area contributed by atoms with Crippen LogP contribution in [-0.2, 0) is 0 Å². The van der Waals surface area contributed by atoms with Crippen molar-refractivity contribution in [1.82, 2.24) is 4.90 Å². The summed E-state index contributed by atoms with van der Waals surface area (Å²) in [6.07, 6.45) is 12.3. The number of halogens is 1. The summed E-state index contributed by atoms with van der Waals surface area (Å²) in [5.41, 5.74) is 0. The van der Waals surface area contributed by atoms with E-state index in [1.807, 2.05) is 41.6 Å². The average Bonchev–Trinajstić information content (AvgIpc) is 2.28. The quantitative estimate of drug-likeness (QED) is 0.601. The zero-order chi connectivity index (χ0) is 7.94. The first-order valence-electron chi connectivity index (χ1n) is 3.77. The Labute approximate surface area is 66.5 Å². The Morgan fingerprint density at radius 2 is 1.64 bits per heavy atom. The molecule has 1 aliphatic rings. The molecular weight excluding hydrogens is 141 g/mol. The van der Waals surface area contributed by atoms with Crippen molar-refractivity contribution in [2.24, 2.45) is 0 Å². The van der Waals surface area contributed by atoms with Gasteiger partial charge in [0.05, 0.1) is 6.67 Å². The minimum Gasteiger partial charge on any atom is -0.354 e. The maximum atomic E-state index is 11.8. The zero-order valence-electron chi connectivity index (χ0n) is 6.41. The lowest BCUT2D eigenvalue weighted by Gasteiger charge is -2.12. The van der Waals surface area contributed by atoms with Gasteiger partial charge in [0.1, 0.15) is 0 Å². The number of alkyl halides is 1. The molecule has 0 fully saturated rings. The third-order valence-electron chi connectivity index (χ3n) is 1.44. The Bertz CT molecular complexity index is 166. The number of hydrogen-bond donors (Lipinski definition) is 0. The molecule has 0 aromatic carbocycles. The van der Waals surface area contributed by atoms with Gasteiger partial charge in [-0.2, -0.15) is 0 Å². The van der Waals surface area contributed by atoms with E-state index in [4.69, 9.17) is 0 Å². The smallest absolute Gasteiger partial charge is 0.0911 e. The molecule has 1 nitrogen and oxygen atoms in total. The van der Waals surface area contributed by atoms with E-state index in [1.54, 1.807) is 0 Å². The molecule has 1 heterocycles. The normalized spacial score (nSPS) is 15.5. The topological polar surface area (TPSA) is 3.24 Å². The molecule has 0 saturated heterocycles. The number of hydrogen-bond acceptors (Lipinski definition) is 1. The maximum absolute atomic E-state index is 11.8. The van der Waals surface area contributed by atoms with Gasteiger partial charge in [0.15, 0.2) is 0 Å². The average molecular weight is 153 g/mol. The molecule has 60 valence electrons. The van der Waals surface area contributed by atoms with E-state index in [0.717, 1.165) is 6.54 Å². The Morgan fingerprint density at radius 1 is 1.00 bits per heavy atom. The molecule has 1 aliphatic heterocycles. The van der Waals surface area contributed by atoms with Crippen LogP contribution in [0.3, 0.4) is 0 Å². The predicted molar refractivity (Wildman–Crippen MR) is 44.7 cm³/mol. The van der Waals surface area contributed by atoms with Crippen molar-refractivity contribution in [2.75, 3.05) is 13.2 Å². The van der Waals surface area contributed by atoms with Crippen molar-refractivity contribution in [3.8, 4) is 0 Å². The lowest BCUT2D eigenvalue weighted by atomic mass is 10.4.